The SMILES string of the molecule is CCOC[C@@H]1COCCC12CCN(C(=O)C1CCSCC1)CC2. The van der Waals surface area contributed by atoms with Crippen molar-refractivity contribution < 1.29 is 14.3 Å². The maximum Gasteiger partial charge on any atom is 0.225 e. The molecule has 3 aliphatic rings. The molecule has 0 unspecified atom stereocenters. The molecule has 0 aromatic rings. The first-order valence-electron chi connectivity index (χ1n) is 9.27. The first kappa shape index (κ1) is 17.6. The molecule has 1 atom stereocenters. The minimum atomic E-state index is 0.291. The lowest BCUT2D eigenvalue weighted by Crippen LogP contribution is -2.51. The van der Waals surface area contributed by atoms with E-state index in [0.717, 1.165) is 83.1 Å². The zero-order chi connectivity index (χ0) is 16.1. The molecule has 1 amide bonds. The standard InChI is InChI=1S/C18H31NO3S/c1-2-21-13-16-14-22-10-7-18(16)5-8-19(9-6-18)17(20)15-3-11-23-12-4-15/h15-16H,2-14H2,1H3/t16-/m1/s1. The second-order valence-corrected chi connectivity index (χ2v) is 8.48. The van der Waals surface area contributed by atoms with Gasteiger partial charge in [-0.3, -0.25) is 4.79 Å². The molecule has 3 rings (SSSR count). The number of carbonyl (C=O) groups is 1. The highest BCUT2D eigenvalue weighted by Crippen LogP contribution is 2.45. The Hall–Kier alpha value is -0.260. The third-order valence-corrected chi connectivity index (χ3v) is 7.14. The van der Waals surface area contributed by atoms with Crippen molar-refractivity contribution in [1.82, 2.24) is 4.90 Å². The molecule has 23 heavy (non-hydrogen) atoms. The van der Waals surface area contributed by atoms with E-state index in [1.807, 2.05) is 11.8 Å². The van der Waals surface area contributed by atoms with Gasteiger partial charge in [0.25, 0.3) is 0 Å². The average Bonchev–Trinajstić information content (AvgIpc) is 2.62. The van der Waals surface area contributed by atoms with Crippen LogP contribution >= 0.6 is 11.8 Å². The van der Waals surface area contributed by atoms with Crippen LogP contribution in [0.5, 0.6) is 0 Å². The Balaban J connectivity index is 1.56. The lowest BCUT2D eigenvalue weighted by Gasteiger charge is -2.49. The van der Waals surface area contributed by atoms with Crippen LogP contribution in [0.3, 0.4) is 0 Å². The lowest BCUT2D eigenvalue weighted by atomic mass is 9.66. The monoisotopic (exact) mass is 341 g/mol. The highest BCUT2D eigenvalue weighted by molar-refractivity contribution is 7.99. The number of thioether (sulfide) groups is 1. The van der Waals surface area contributed by atoms with E-state index in [1.54, 1.807) is 0 Å². The molecule has 0 aromatic carbocycles. The molecule has 3 aliphatic heterocycles. The summed E-state index contributed by atoms with van der Waals surface area (Å²) in [5, 5.41) is 0. The molecule has 0 N–H and O–H groups in total. The van der Waals surface area contributed by atoms with Crippen molar-refractivity contribution in [2.75, 3.05) is 51.0 Å². The van der Waals surface area contributed by atoms with Crippen LogP contribution < -0.4 is 0 Å². The maximum absolute atomic E-state index is 12.7. The van der Waals surface area contributed by atoms with Crippen LogP contribution in [0.25, 0.3) is 0 Å². The van der Waals surface area contributed by atoms with Crippen molar-refractivity contribution in [2.45, 2.75) is 39.0 Å². The van der Waals surface area contributed by atoms with Crippen LogP contribution in [0, 0.1) is 17.3 Å². The van der Waals surface area contributed by atoms with Gasteiger partial charge in [0.1, 0.15) is 0 Å². The van der Waals surface area contributed by atoms with Crippen molar-refractivity contribution in [3.8, 4) is 0 Å². The van der Waals surface area contributed by atoms with E-state index in [1.165, 1.54) is 0 Å². The first-order valence-corrected chi connectivity index (χ1v) is 10.4. The molecule has 0 aliphatic carbocycles. The summed E-state index contributed by atoms with van der Waals surface area (Å²) in [5.41, 5.74) is 0.340. The Kier molecular flexibility index (Phi) is 6.27. The Bertz CT molecular complexity index is 390. The van der Waals surface area contributed by atoms with Crippen LogP contribution in [-0.2, 0) is 14.3 Å². The van der Waals surface area contributed by atoms with Gasteiger partial charge in [-0.1, -0.05) is 0 Å². The topological polar surface area (TPSA) is 38.8 Å². The average molecular weight is 342 g/mol. The van der Waals surface area contributed by atoms with Gasteiger partial charge < -0.3 is 14.4 Å². The summed E-state index contributed by atoms with van der Waals surface area (Å²) in [6.45, 7) is 7.21. The van der Waals surface area contributed by atoms with E-state index < -0.39 is 0 Å². The molecule has 5 heteroatoms. The Morgan fingerprint density at radius 1 is 1.26 bits per heavy atom. The number of nitrogens with zero attached hydrogens (tertiary/aromatic N) is 1. The molecule has 0 aromatic heterocycles. The molecule has 132 valence electrons. The number of hydrogen-bond donors (Lipinski definition) is 0. The van der Waals surface area contributed by atoms with Gasteiger partial charge in [-0.05, 0) is 55.9 Å². The van der Waals surface area contributed by atoms with E-state index in [4.69, 9.17) is 9.47 Å². The molecule has 0 bridgehead atoms. The Morgan fingerprint density at radius 2 is 2.00 bits per heavy atom. The molecular weight excluding hydrogens is 310 g/mol. The number of rotatable bonds is 4. The van der Waals surface area contributed by atoms with Crippen molar-refractivity contribution in [3.05, 3.63) is 0 Å². The highest BCUT2D eigenvalue weighted by atomic mass is 32.2. The normalized spacial score (nSPS) is 28.9. The Labute approximate surface area is 144 Å². The zero-order valence-electron chi connectivity index (χ0n) is 14.4. The van der Waals surface area contributed by atoms with E-state index in [0.29, 0.717) is 23.2 Å². The predicted octanol–water partition coefficient (Wildman–Crippen LogP) is 2.81. The lowest BCUT2D eigenvalue weighted by molar-refractivity contribution is -0.143. The van der Waals surface area contributed by atoms with E-state index in [9.17, 15) is 4.79 Å². The molecule has 1 spiro atoms. The number of carbonyl (C=O) groups excluding carboxylic acids is 1. The van der Waals surface area contributed by atoms with Gasteiger partial charge in [0, 0.05) is 38.1 Å². The second-order valence-electron chi connectivity index (χ2n) is 7.26. The van der Waals surface area contributed by atoms with Crippen LogP contribution in [0.15, 0.2) is 0 Å². The zero-order valence-corrected chi connectivity index (χ0v) is 15.2. The third kappa shape index (κ3) is 4.05. The van der Waals surface area contributed by atoms with Gasteiger partial charge in [0.05, 0.1) is 13.2 Å². The minimum absolute atomic E-state index is 0.291. The van der Waals surface area contributed by atoms with Crippen molar-refractivity contribution >= 4 is 17.7 Å². The number of piperidine rings is 1. The summed E-state index contributed by atoms with van der Waals surface area (Å²) in [6, 6.07) is 0. The quantitative estimate of drug-likeness (QED) is 0.788. The van der Waals surface area contributed by atoms with E-state index >= 15 is 0 Å². The van der Waals surface area contributed by atoms with Gasteiger partial charge in [-0.15, -0.1) is 0 Å². The molecule has 3 saturated heterocycles. The van der Waals surface area contributed by atoms with Crippen LogP contribution in [0.1, 0.15) is 39.0 Å². The summed E-state index contributed by atoms with van der Waals surface area (Å²) >= 11 is 1.99. The van der Waals surface area contributed by atoms with E-state index in [-0.39, 0.29) is 0 Å². The molecular formula is C18H31NO3S. The van der Waals surface area contributed by atoms with Crippen molar-refractivity contribution in [2.24, 2.45) is 17.3 Å². The number of hydrogen-bond acceptors (Lipinski definition) is 4. The number of likely N-dealkylation sites (tertiary alicyclic amines) is 1. The molecule has 4 nitrogen and oxygen atoms in total. The minimum Gasteiger partial charge on any atom is -0.381 e. The fourth-order valence-corrected chi connectivity index (χ4v) is 5.51. The van der Waals surface area contributed by atoms with Gasteiger partial charge in [0.2, 0.25) is 5.91 Å². The van der Waals surface area contributed by atoms with Crippen LogP contribution in [0.4, 0.5) is 0 Å². The van der Waals surface area contributed by atoms with Gasteiger partial charge >= 0.3 is 0 Å². The molecule has 0 saturated carbocycles. The first-order chi connectivity index (χ1) is 11.2. The molecule has 3 fully saturated rings. The second kappa shape index (κ2) is 8.21. The fraction of sp³-hybridized carbons (Fsp3) is 0.944. The van der Waals surface area contributed by atoms with Gasteiger partial charge in [0.15, 0.2) is 0 Å². The summed E-state index contributed by atoms with van der Waals surface area (Å²) in [4.78, 5) is 14.9. The number of ether oxygens (including phenoxy) is 2. The summed E-state index contributed by atoms with van der Waals surface area (Å²) in [5.74, 6) is 3.52. The summed E-state index contributed by atoms with van der Waals surface area (Å²) in [6.07, 6.45) is 5.54. The fourth-order valence-electron chi connectivity index (χ4n) is 4.40. The van der Waals surface area contributed by atoms with Crippen molar-refractivity contribution in [1.29, 1.82) is 0 Å². The van der Waals surface area contributed by atoms with E-state index in [2.05, 4.69) is 11.8 Å². The molecule has 3 heterocycles. The molecule has 0 radical (unpaired) electrons. The van der Waals surface area contributed by atoms with Crippen molar-refractivity contribution in [3.63, 3.8) is 0 Å². The number of amides is 1. The van der Waals surface area contributed by atoms with Crippen LogP contribution in [-0.4, -0.2) is 61.8 Å². The predicted molar refractivity (Wildman–Crippen MR) is 93.7 cm³/mol. The largest absolute Gasteiger partial charge is 0.381 e. The smallest absolute Gasteiger partial charge is 0.225 e. The van der Waals surface area contributed by atoms with Gasteiger partial charge in [-0.25, -0.2) is 0 Å². The Morgan fingerprint density at radius 3 is 2.70 bits per heavy atom. The summed E-state index contributed by atoms with van der Waals surface area (Å²) < 4.78 is 11.4. The highest BCUT2D eigenvalue weighted by Gasteiger charge is 2.44. The van der Waals surface area contributed by atoms with Crippen LogP contribution in [0.2, 0.25) is 0 Å². The summed E-state index contributed by atoms with van der Waals surface area (Å²) in [7, 11) is 0. The van der Waals surface area contributed by atoms with Gasteiger partial charge in [-0.2, -0.15) is 11.8 Å². The third-order valence-electron chi connectivity index (χ3n) is 6.09. The maximum atomic E-state index is 12.7.